The minimum absolute atomic E-state index is 0.143. The van der Waals surface area contributed by atoms with Gasteiger partial charge in [0.15, 0.2) is 0 Å². The van der Waals surface area contributed by atoms with Crippen molar-refractivity contribution >= 4 is 32.9 Å². The standard InChI is InChI=1S/C14H7BrN4O2/c15-10-3-1-9(7-16)13(6-10)19-12-4-2-8(14(20)21)5-11(12)17-18-19/h1-6H,(H,20,21). The van der Waals surface area contributed by atoms with Gasteiger partial charge in [-0.2, -0.15) is 5.26 Å². The molecular weight excluding hydrogens is 336 g/mol. The molecule has 3 rings (SSSR count). The summed E-state index contributed by atoms with van der Waals surface area (Å²) in [4.78, 5) is 11.0. The van der Waals surface area contributed by atoms with Gasteiger partial charge in [0.05, 0.1) is 22.3 Å². The van der Waals surface area contributed by atoms with Crippen LogP contribution in [0.5, 0.6) is 0 Å². The van der Waals surface area contributed by atoms with Gasteiger partial charge in [0, 0.05) is 4.47 Å². The number of carboxylic acids is 1. The fourth-order valence-corrected chi connectivity index (χ4v) is 2.36. The average Bonchev–Trinajstić information content (AvgIpc) is 2.89. The number of carboxylic acid groups (broad SMARTS) is 1. The van der Waals surface area contributed by atoms with Gasteiger partial charge in [-0.25, -0.2) is 9.48 Å². The molecule has 7 heteroatoms. The van der Waals surface area contributed by atoms with E-state index in [1.54, 1.807) is 24.3 Å². The van der Waals surface area contributed by atoms with Crippen LogP contribution in [0.15, 0.2) is 40.9 Å². The average molecular weight is 343 g/mol. The van der Waals surface area contributed by atoms with E-state index in [1.807, 2.05) is 0 Å². The molecule has 0 aliphatic carbocycles. The highest BCUT2D eigenvalue weighted by Crippen LogP contribution is 2.23. The van der Waals surface area contributed by atoms with Gasteiger partial charge in [-0.15, -0.1) is 5.10 Å². The Bertz CT molecular complexity index is 911. The summed E-state index contributed by atoms with van der Waals surface area (Å²) in [5.74, 6) is -1.02. The minimum atomic E-state index is -1.02. The van der Waals surface area contributed by atoms with Crippen LogP contribution >= 0.6 is 15.9 Å². The third-order valence-corrected chi connectivity index (χ3v) is 3.49. The second-order valence-electron chi connectivity index (χ2n) is 4.28. The van der Waals surface area contributed by atoms with Crippen LogP contribution in [-0.2, 0) is 0 Å². The van der Waals surface area contributed by atoms with Gasteiger partial charge in [0.25, 0.3) is 0 Å². The maximum atomic E-state index is 11.0. The molecule has 1 heterocycles. The largest absolute Gasteiger partial charge is 0.478 e. The SMILES string of the molecule is N#Cc1ccc(Br)cc1-n1nnc2cc(C(=O)O)ccc21. The van der Waals surface area contributed by atoms with Crippen molar-refractivity contribution in [2.24, 2.45) is 0 Å². The summed E-state index contributed by atoms with van der Waals surface area (Å²) in [6, 6.07) is 11.9. The van der Waals surface area contributed by atoms with E-state index in [0.29, 0.717) is 22.3 Å². The fourth-order valence-electron chi connectivity index (χ4n) is 2.01. The van der Waals surface area contributed by atoms with Crippen LogP contribution in [0.1, 0.15) is 15.9 Å². The van der Waals surface area contributed by atoms with Crippen molar-refractivity contribution in [3.63, 3.8) is 0 Å². The Morgan fingerprint density at radius 1 is 1.29 bits per heavy atom. The molecular formula is C14H7BrN4O2. The molecule has 0 saturated carbocycles. The first-order valence-corrected chi connectivity index (χ1v) is 6.68. The Morgan fingerprint density at radius 3 is 2.81 bits per heavy atom. The molecule has 3 aromatic rings. The third-order valence-electron chi connectivity index (χ3n) is 3.00. The van der Waals surface area contributed by atoms with Crippen LogP contribution in [-0.4, -0.2) is 26.1 Å². The van der Waals surface area contributed by atoms with Crippen LogP contribution in [0.25, 0.3) is 16.7 Å². The number of aromatic carboxylic acids is 1. The van der Waals surface area contributed by atoms with E-state index in [9.17, 15) is 10.1 Å². The zero-order valence-corrected chi connectivity index (χ0v) is 12.1. The van der Waals surface area contributed by atoms with Crippen molar-refractivity contribution in [2.75, 3.05) is 0 Å². The van der Waals surface area contributed by atoms with Crippen LogP contribution in [0.2, 0.25) is 0 Å². The summed E-state index contributed by atoms with van der Waals surface area (Å²) >= 11 is 3.36. The summed E-state index contributed by atoms with van der Waals surface area (Å²) in [6.45, 7) is 0. The molecule has 0 fully saturated rings. The first-order chi connectivity index (χ1) is 10.1. The van der Waals surface area contributed by atoms with E-state index in [-0.39, 0.29) is 5.56 Å². The highest BCUT2D eigenvalue weighted by Gasteiger charge is 2.13. The first-order valence-electron chi connectivity index (χ1n) is 5.89. The number of hydrogen-bond donors (Lipinski definition) is 1. The number of nitriles is 1. The summed E-state index contributed by atoms with van der Waals surface area (Å²) in [7, 11) is 0. The van der Waals surface area contributed by atoms with Gasteiger partial charge in [0.1, 0.15) is 11.6 Å². The van der Waals surface area contributed by atoms with Crippen molar-refractivity contribution < 1.29 is 9.90 Å². The number of fused-ring (bicyclic) bond motifs is 1. The lowest BCUT2D eigenvalue weighted by molar-refractivity contribution is 0.0697. The molecule has 1 N–H and O–H groups in total. The minimum Gasteiger partial charge on any atom is -0.478 e. The lowest BCUT2D eigenvalue weighted by atomic mass is 10.1. The predicted octanol–water partition coefficient (Wildman–Crippen LogP) is 2.75. The molecule has 1 aromatic heterocycles. The molecule has 2 aromatic carbocycles. The van der Waals surface area contributed by atoms with Crippen LogP contribution < -0.4 is 0 Å². The second kappa shape index (κ2) is 5.00. The molecule has 0 unspecified atom stereocenters. The van der Waals surface area contributed by atoms with Gasteiger partial charge in [-0.05, 0) is 36.4 Å². The van der Waals surface area contributed by atoms with Crippen molar-refractivity contribution in [2.45, 2.75) is 0 Å². The van der Waals surface area contributed by atoms with E-state index in [4.69, 9.17) is 5.11 Å². The summed E-state index contributed by atoms with van der Waals surface area (Å²) in [5, 5.41) is 26.2. The quantitative estimate of drug-likeness (QED) is 0.772. The Kier molecular flexibility index (Phi) is 3.16. The molecule has 0 bridgehead atoms. The van der Waals surface area contributed by atoms with Gasteiger partial charge in [-0.3, -0.25) is 0 Å². The van der Waals surface area contributed by atoms with Crippen LogP contribution in [0, 0.1) is 11.3 Å². The number of halogens is 1. The smallest absolute Gasteiger partial charge is 0.335 e. The molecule has 0 amide bonds. The molecule has 6 nitrogen and oxygen atoms in total. The number of benzene rings is 2. The zero-order chi connectivity index (χ0) is 15.0. The van der Waals surface area contributed by atoms with Crippen LogP contribution in [0.3, 0.4) is 0 Å². The molecule has 0 aliphatic rings. The monoisotopic (exact) mass is 342 g/mol. The van der Waals surface area contributed by atoms with Gasteiger partial charge in [0.2, 0.25) is 0 Å². The number of hydrogen-bond acceptors (Lipinski definition) is 4. The molecule has 0 saturated heterocycles. The molecule has 0 aliphatic heterocycles. The third kappa shape index (κ3) is 2.26. The Morgan fingerprint density at radius 2 is 2.10 bits per heavy atom. The van der Waals surface area contributed by atoms with Crippen molar-refractivity contribution in [3.8, 4) is 11.8 Å². The fraction of sp³-hybridized carbons (Fsp3) is 0. The normalized spacial score (nSPS) is 10.5. The Labute approximate surface area is 127 Å². The predicted molar refractivity (Wildman–Crippen MR) is 78.2 cm³/mol. The lowest BCUT2D eigenvalue weighted by Gasteiger charge is -2.05. The van der Waals surface area contributed by atoms with Crippen molar-refractivity contribution in [3.05, 3.63) is 52.0 Å². The molecule has 102 valence electrons. The number of aromatic nitrogens is 3. The summed E-state index contributed by atoms with van der Waals surface area (Å²) in [6.07, 6.45) is 0. The Balaban J connectivity index is 2.25. The summed E-state index contributed by atoms with van der Waals surface area (Å²) in [5.41, 5.74) is 2.27. The zero-order valence-electron chi connectivity index (χ0n) is 10.5. The molecule has 0 radical (unpaired) electrons. The second-order valence-corrected chi connectivity index (χ2v) is 5.20. The van der Waals surface area contributed by atoms with E-state index in [2.05, 4.69) is 32.3 Å². The first kappa shape index (κ1) is 13.3. The van der Waals surface area contributed by atoms with E-state index in [1.165, 1.54) is 16.8 Å². The van der Waals surface area contributed by atoms with E-state index in [0.717, 1.165) is 4.47 Å². The highest BCUT2D eigenvalue weighted by atomic mass is 79.9. The summed E-state index contributed by atoms with van der Waals surface area (Å²) < 4.78 is 2.33. The topological polar surface area (TPSA) is 91.8 Å². The van der Waals surface area contributed by atoms with Gasteiger partial charge < -0.3 is 5.11 Å². The highest BCUT2D eigenvalue weighted by molar-refractivity contribution is 9.10. The van der Waals surface area contributed by atoms with E-state index < -0.39 is 5.97 Å². The maximum absolute atomic E-state index is 11.0. The lowest BCUT2D eigenvalue weighted by Crippen LogP contribution is -2.00. The molecule has 0 spiro atoms. The van der Waals surface area contributed by atoms with Crippen molar-refractivity contribution in [1.29, 1.82) is 5.26 Å². The maximum Gasteiger partial charge on any atom is 0.335 e. The molecule has 0 atom stereocenters. The van der Waals surface area contributed by atoms with E-state index >= 15 is 0 Å². The number of nitrogens with zero attached hydrogens (tertiary/aromatic N) is 4. The molecule has 21 heavy (non-hydrogen) atoms. The number of rotatable bonds is 2. The Hall–Kier alpha value is -2.72. The van der Waals surface area contributed by atoms with Crippen LogP contribution in [0.4, 0.5) is 0 Å². The number of carbonyl (C=O) groups is 1. The van der Waals surface area contributed by atoms with Crippen molar-refractivity contribution in [1.82, 2.24) is 15.0 Å². The van der Waals surface area contributed by atoms with Gasteiger partial charge >= 0.3 is 5.97 Å². The van der Waals surface area contributed by atoms with Gasteiger partial charge in [-0.1, -0.05) is 21.1 Å².